The summed E-state index contributed by atoms with van der Waals surface area (Å²) >= 11 is 0. The average molecular weight is 268 g/mol. The van der Waals surface area contributed by atoms with Crippen LogP contribution in [0.1, 0.15) is 25.8 Å². The normalized spacial score (nSPS) is 23.1. The number of hydrogen-bond acceptors (Lipinski definition) is 2. The van der Waals surface area contributed by atoms with Crippen LogP contribution in [-0.4, -0.2) is 24.0 Å². The van der Waals surface area contributed by atoms with Gasteiger partial charge in [-0.15, -0.1) is 0 Å². The Kier molecular flexibility index (Phi) is 3.53. The van der Waals surface area contributed by atoms with E-state index >= 15 is 0 Å². The first-order valence-corrected chi connectivity index (χ1v) is 7.51. The topological polar surface area (TPSA) is 29.3 Å². The lowest BCUT2D eigenvalue weighted by atomic mass is 9.79. The second-order valence-corrected chi connectivity index (χ2v) is 6.73. The Labute approximate surface area is 121 Å². The number of hydrogen-bond donors (Lipinski definition) is 1. The first kappa shape index (κ1) is 13.6. The minimum Gasteiger partial charge on any atom is -0.327 e. The monoisotopic (exact) mass is 268 g/mol. The Bertz CT molecular complexity index is 598. The molecule has 106 valence electrons. The maximum absolute atomic E-state index is 6.23. The van der Waals surface area contributed by atoms with Crippen LogP contribution >= 0.6 is 0 Å². The zero-order valence-electron chi connectivity index (χ0n) is 12.5. The summed E-state index contributed by atoms with van der Waals surface area (Å²) in [4.78, 5) is 2.55. The van der Waals surface area contributed by atoms with Crippen molar-refractivity contribution < 1.29 is 0 Å². The van der Waals surface area contributed by atoms with E-state index in [1.165, 1.54) is 16.3 Å². The van der Waals surface area contributed by atoms with Crippen molar-refractivity contribution in [3.8, 4) is 0 Å². The Morgan fingerprint density at radius 3 is 2.70 bits per heavy atom. The molecule has 0 spiro atoms. The smallest absolute Gasteiger partial charge is 0.0240 e. The van der Waals surface area contributed by atoms with Gasteiger partial charge in [0.25, 0.3) is 0 Å². The molecule has 1 heterocycles. The summed E-state index contributed by atoms with van der Waals surface area (Å²) in [7, 11) is 0. The third-order valence-electron chi connectivity index (χ3n) is 4.67. The molecule has 1 aliphatic rings. The van der Waals surface area contributed by atoms with E-state index < -0.39 is 0 Å². The minimum absolute atomic E-state index is 0.211. The molecule has 20 heavy (non-hydrogen) atoms. The van der Waals surface area contributed by atoms with Crippen LogP contribution in [0.3, 0.4) is 0 Å². The molecule has 1 aliphatic heterocycles. The summed E-state index contributed by atoms with van der Waals surface area (Å²) in [5.41, 5.74) is 7.87. The largest absolute Gasteiger partial charge is 0.327 e. The number of piperidine rings is 1. The summed E-state index contributed by atoms with van der Waals surface area (Å²) in [5.74, 6) is 0. The van der Waals surface area contributed by atoms with Crippen molar-refractivity contribution in [3.63, 3.8) is 0 Å². The van der Waals surface area contributed by atoms with Crippen molar-refractivity contribution in [2.45, 2.75) is 32.9 Å². The summed E-state index contributed by atoms with van der Waals surface area (Å²) in [5, 5.41) is 2.71. The predicted octanol–water partition coefficient (Wildman–Crippen LogP) is 3.40. The molecule has 0 bridgehead atoms. The highest BCUT2D eigenvalue weighted by atomic mass is 15.1. The van der Waals surface area contributed by atoms with Crippen LogP contribution < -0.4 is 5.73 Å². The van der Waals surface area contributed by atoms with Crippen LogP contribution in [0.2, 0.25) is 0 Å². The molecule has 0 amide bonds. The van der Waals surface area contributed by atoms with Crippen LogP contribution in [-0.2, 0) is 6.54 Å². The van der Waals surface area contributed by atoms with Crippen molar-refractivity contribution in [1.29, 1.82) is 0 Å². The van der Waals surface area contributed by atoms with Crippen molar-refractivity contribution in [2.24, 2.45) is 11.1 Å². The molecule has 2 heteroatoms. The summed E-state index contributed by atoms with van der Waals surface area (Å²) in [6.45, 7) is 7.78. The van der Waals surface area contributed by atoms with E-state index in [9.17, 15) is 0 Å². The Balaban J connectivity index is 1.83. The predicted molar refractivity (Wildman–Crippen MR) is 85.6 cm³/mol. The molecule has 2 nitrogen and oxygen atoms in total. The average Bonchev–Trinajstić information content (AvgIpc) is 2.43. The molecule has 2 aromatic carbocycles. The van der Waals surface area contributed by atoms with Crippen molar-refractivity contribution in [3.05, 3.63) is 48.0 Å². The van der Waals surface area contributed by atoms with Crippen molar-refractivity contribution in [2.75, 3.05) is 13.1 Å². The Morgan fingerprint density at radius 1 is 1.15 bits per heavy atom. The van der Waals surface area contributed by atoms with E-state index in [4.69, 9.17) is 5.73 Å². The van der Waals surface area contributed by atoms with Gasteiger partial charge in [-0.2, -0.15) is 0 Å². The third kappa shape index (κ3) is 2.58. The van der Waals surface area contributed by atoms with E-state index in [0.717, 1.165) is 26.1 Å². The quantitative estimate of drug-likeness (QED) is 0.904. The molecule has 0 aromatic heterocycles. The first-order valence-electron chi connectivity index (χ1n) is 7.51. The summed E-state index contributed by atoms with van der Waals surface area (Å²) in [6, 6.07) is 15.6. The Morgan fingerprint density at radius 2 is 1.90 bits per heavy atom. The van der Waals surface area contributed by atoms with Crippen LogP contribution in [0.15, 0.2) is 42.5 Å². The number of benzene rings is 2. The van der Waals surface area contributed by atoms with E-state index in [-0.39, 0.29) is 5.41 Å². The van der Waals surface area contributed by atoms with Crippen molar-refractivity contribution >= 4 is 10.8 Å². The van der Waals surface area contributed by atoms with Crippen LogP contribution in [0.25, 0.3) is 10.8 Å². The molecule has 0 saturated carbocycles. The number of likely N-dealkylation sites (tertiary alicyclic amines) is 1. The zero-order chi connectivity index (χ0) is 14.2. The molecule has 1 unspecified atom stereocenters. The van der Waals surface area contributed by atoms with Gasteiger partial charge in [-0.25, -0.2) is 0 Å². The lowest BCUT2D eigenvalue weighted by Crippen LogP contribution is -2.52. The fraction of sp³-hybridized carbons (Fsp3) is 0.444. The second-order valence-electron chi connectivity index (χ2n) is 6.73. The third-order valence-corrected chi connectivity index (χ3v) is 4.67. The van der Waals surface area contributed by atoms with E-state index in [1.54, 1.807) is 0 Å². The lowest BCUT2D eigenvalue weighted by molar-refractivity contribution is 0.0902. The van der Waals surface area contributed by atoms with Gasteiger partial charge in [-0.3, -0.25) is 4.90 Å². The number of fused-ring (bicyclic) bond motifs is 1. The van der Waals surface area contributed by atoms with Crippen LogP contribution in [0.5, 0.6) is 0 Å². The van der Waals surface area contributed by atoms with Gasteiger partial charge >= 0.3 is 0 Å². The number of nitrogens with two attached hydrogens (primary N) is 1. The van der Waals surface area contributed by atoms with E-state index in [1.807, 2.05) is 0 Å². The highest BCUT2D eigenvalue weighted by molar-refractivity contribution is 5.85. The standard InChI is InChI=1S/C18H24N2/c1-18(2)13-20(11-10-17(18)19)12-15-8-5-7-14-6-3-4-9-16(14)15/h3-9,17H,10-13,19H2,1-2H3. The zero-order valence-corrected chi connectivity index (χ0v) is 12.5. The SMILES string of the molecule is CC1(C)CN(Cc2cccc3ccccc23)CCC1N. The molecule has 3 rings (SSSR count). The van der Waals surface area contributed by atoms with Gasteiger partial charge in [-0.05, 0) is 28.2 Å². The molecular weight excluding hydrogens is 244 g/mol. The summed E-state index contributed by atoms with van der Waals surface area (Å²) in [6.07, 6.45) is 1.10. The molecular formula is C18H24N2. The number of nitrogens with zero attached hydrogens (tertiary/aromatic N) is 1. The lowest BCUT2D eigenvalue weighted by Gasteiger charge is -2.42. The molecule has 1 fully saturated rings. The fourth-order valence-corrected chi connectivity index (χ4v) is 3.29. The molecule has 1 atom stereocenters. The fourth-order valence-electron chi connectivity index (χ4n) is 3.29. The molecule has 0 aliphatic carbocycles. The number of rotatable bonds is 2. The highest BCUT2D eigenvalue weighted by Crippen LogP contribution is 2.29. The van der Waals surface area contributed by atoms with Gasteiger partial charge in [0.05, 0.1) is 0 Å². The van der Waals surface area contributed by atoms with Crippen LogP contribution in [0, 0.1) is 5.41 Å². The second kappa shape index (κ2) is 5.19. The molecule has 2 N–H and O–H groups in total. The van der Waals surface area contributed by atoms with E-state index in [0.29, 0.717) is 6.04 Å². The Hall–Kier alpha value is -1.38. The van der Waals surface area contributed by atoms with Gasteiger partial charge in [0.2, 0.25) is 0 Å². The molecule has 1 saturated heterocycles. The summed E-state index contributed by atoms with van der Waals surface area (Å²) < 4.78 is 0. The van der Waals surface area contributed by atoms with Gasteiger partial charge in [-0.1, -0.05) is 56.3 Å². The van der Waals surface area contributed by atoms with Crippen LogP contribution in [0.4, 0.5) is 0 Å². The van der Waals surface area contributed by atoms with Crippen molar-refractivity contribution in [1.82, 2.24) is 4.90 Å². The maximum atomic E-state index is 6.23. The van der Waals surface area contributed by atoms with Gasteiger partial charge in [0, 0.05) is 25.7 Å². The van der Waals surface area contributed by atoms with Gasteiger partial charge in [0.15, 0.2) is 0 Å². The maximum Gasteiger partial charge on any atom is 0.0240 e. The van der Waals surface area contributed by atoms with E-state index in [2.05, 4.69) is 61.2 Å². The molecule has 0 radical (unpaired) electrons. The minimum atomic E-state index is 0.211. The first-order chi connectivity index (χ1) is 9.56. The highest BCUT2D eigenvalue weighted by Gasteiger charge is 2.33. The van der Waals surface area contributed by atoms with Gasteiger partial charge in [0.1, 0.15) is 0 Å². The molecule has 2 aromatic rings. The van der Waals surface area contributed by atoms with Gasteiger partial charge < -0.3 is 5.73 Å².